The fourth-order valence-electron chi connectivity index (χ4n) is 4.28. The number of rotatable bonds is 5. The van der Waals surface area contributed by atoms with E-state index < -0.39 is 12.2 Å². The van der Waals surface area contributed by atoms with Gasteiger partial charge in [0.2, 0.25) is 0 Å². The number of piperazine rings is 1. The number of fused-ring (bicyclic) bond motifs is 1. The Morgan fingerprint density at radius 3 is 2.74 bits per heavy atom. The van der Waals surface area contributed by atoms with E-state index in [-0.39, 0.29) is 25.6 Å². The van der Waals surface area contributed by atoms with Crippen LogP contribution in [0, 0.1) is 11.3 Å². The highest BCUT2D eigenvalue weighted by Gasteiger charge is 2.34. The predicted molar refractivity (Wildman–Crippen MR) is 126 cm³/mol. The van der Waals surface area contributed by atoms with E-state index in [1.165, 1.54) is 16.7 Å². The number of amides is 2. The Kier molecular flexibility index (Phi) is 7.37. The standard InChI is InChI=1S/C23H26N6O4S/c1-34-21-25-19-14-28(22(30)31)10-8-18(19)20(26-21)27-11-12-29(17(13-27)7-9-24)23(32)33-15-16-5-3-2-4-6-16/h2-6,17H,7-8,10-15H2,1H3,(H,30,31). The van der Waals surface area contributed by atoms with Crippen molar-refractivity contribution in [3.8, 4) is 6.07 Å². The summed E-state index contributed by atoms with van der Waals surface area (Å²) in [6.45, 7) is 2.15. The molecule has 1 saturated heterocycles. The number of ether oxygens (including phenoxy) is 1. The third kappa shape index (κ3) is 5.17. The number of benzene rings is 1. The van der Waals surface area contributed by atoms with E-state index in [9.17, 15) is 20.0 Å². The maximum absolute atomic E-state index is 12.8. The van der Waals surface area contributed by atoms with Crippen LogP contribution in [-0.4, -0.2) is 75.5 Å². The molecule has 2 aliphatic rings. The molecule has 34 heavy (non-hydrogen) atoms. The Bertz CT molecular complexity index is 1090. The molecule has 1 aromatic heterocycles. The van der Waals surface area contributed by atoms with Crippen LogP contribution in [0.3, 0.4) is 0 Å². The molecule has 178 valence electrons. The van der Waals surface area contributed by atoms with E-state index in [0.29, 0.717) is 43.5 Å². The van der Waals surface area contributed by atoms with Crippen LogP contribution in [0.2, 0.25) is 0 Å². The molecule has 2 aromatic rings. The molecular formula is C23H26N6O4S. The lowest BCUT2D eigenvalue weighted by Crippen LogP contribution is -2.55. The Balaban J connectivity index is 1.51. The molecule has 4 rings (SSSR count). The maximum atomic E-state index is 12.8. The quantitative estimate of drug-likeness (QED) is 0.506. The van der Waals surface area contributed by atoms with Gasteiger partial charge in [-0.3, -0.25) is 0 Å². The summed E-state index contributed by atoms with van der Waals surface area (Å²) in [7, 11) is 0. The smallest absolute Gasteiger partial charge is 0.410 e. The van der Waals surface area contributed by atoms with E-state index in [2.05, 4.69) is 16.0 Å². The Morgan fingerprint density at radius 2 is 2.03 bits per heavy atom. The van der Waals surface area contributed by atoms with Gasteiger partial charge in [-0.05, 0) is 18.2 Å². The minimum Gasteiger partial charge on any atom is -0.465 e. The molecule has 11 heteroatoms. The molecule has 0 aliphatic carbocycles. The fraction of sp³-hybridized carbons (Fsp3) is 0.435. The van der Waals surface area contributed by atoms with Crippen molar-refractivity contribution in [2.45, 2.75) is 37.2 Å². The van der Waals surface area contributed by atoms with Crippen LogP contribution in [0.1, 0.15) is 23.2 Å². The van der Waals surface area contributed by atoms with E-state index >= 15 is 0 Å². The first kappa shape index (κ1) is 23.6. The van der Waals surface area contributed by atoms with Crippen molar-refractivity contribution in [2.24, 2.45) is 0 Å². The number of aromatic nitrogens is 2. The SMILES string of the molecule is CSc1nc2c(c(N3CCN(C(=O)OCc4ccccc4)C(CC#N)C3)n1)CCN(C(=O)O)C2. The Morgan fingerprint density at radius 1 is 1.24 bits per heavy atom. The van der Waals surface area contributed by atoms with Crippen molar-refractivity contribution < 1.29 is 19.4 Å². The van der Waals surface area contributed by atoms with E-state index in [1.54, 1.807) is 4.90 Å². The van der Waals surface area contributed by atoms with Gasteiger partial charge in [0, 0.05) is 31.7 Å². The van der Waals surface area contributed by atoms with Gasteiger partial charge in [-0.15, -0.1) is 0 Å². The largest absolute Gasteiger partial charge is 0.465 e. The van der Waals surface area contributed by atoms with Gasteiger partial charge in [-0.2, -0.15) is 5.26 Å². The first-order chi connectivity index (χ1) is 16.5. The lowest BCUT2D eigenvalue weighted by molar-refractivity contribution is 0.0767. The molecule has 0 spiro atoms. The number of hydrogen-bond donors (Lipinski definition) is 1. The molecule has 1 fully saturated rings. The van der Waals surface area contributed by atoms with E-state index in [4.69, 9.17) is 9.72 Å². The second-order valence-electron chi connectivity index (χ2n) is 8.11. The normalized spacial score (nSPS) is 17.6. The molecule has 1 aromatic carbocycles. The van der Waals surface area contributed by atoms with Crippen molar-refractivity contribution in [1.29, 1.82) is 5.26 Å². The number of hydrogen-bond acceptors (Lipinski definition) is 8. The van der Waals surface area contributed by atoms with Crippen molar-refractivity contribution in [3.05, 3.63) is 47.2 Å². The zero-order chi connectivity index (χ0) is 24.1. The molecule has 10 nitrogen and oxygen atoms in total. The first-order valence-corrected chi connectivity index (χ1v) is 12.2. The number of anilines is 1. The molecule has 0 saturated carbocycles. The number of carbonyl (C=O) groups is 2. The first-order valence-electron chi connectivity index (χ1n) is 11.0. The molecule has 0 bridgehead atoms. The molecule has 1 N–H and O–H groups in total. The van der Waals surface area contributed by atoms with Crippen molar-refractivity contribution in [3.63, 3.8) is 0 Å². The van der Waals surface area contributed by atoms with Crippen molar-refractivity contribution in [1.82, 2.24) is 19.8 Å². The van der Waals surface area contributed by atoms with Crippen LogP contribution < -0.4 is 4.90 Å². The maximum Gasteiger partial charge on any atom is 0.410 e. The number of nitrogens with zero attached hydrogens (tertiary/aromatic N) is 6. The number of thioether (sulfide) groups is 1. The third-order valence-electron chi connectivity index (χ3n) is 6.02. The third-order valence-corrected chi connectivity index (χ3v) is 6.57. The Labute approximate surface area is 202 Å². The van der Waals surface area contributed by atoms with Gasteiger partial charge < -0.3 is 24.5 Å². The predicted octanol–water partition coefficient (Wildman–Crippen LogP) is 2.98. The summed E-state index contributed by atoms with van der Waals surface area (Å²) in [6, 6.07) is 11.3. The van der Waals surface area contributed by atoms with Crippen LogP contribution in [0.15, 0.2) is 35.5 Å². The zero-order valence-electron chi connectivity index (χ0n) is 18.9. The molecule has 2 amide bonds. The molecule has 1 unspecified atom stereocenters. The highest BCUT2D eigenvalue weighted by atomic mass is 32.2. The summed E-state index contributed by atoms with van der Waals surface area (Å²) in [4.78, 5) is 38.6. The van der Waals surface area contributed by atoms with E-state index in [1.807, 2.05) is 36.6 Å². The van der Waals surface area contributed by atoms with Gasteiger partial charge in [-0.1, -0.05) is 42.1 Å². The minimum absolute atomic E-state index is 0.173. The molecule has 1 atom stereocenters. The van der Waals surface area contributed by atoms with Crippen LogP contribution in [0.5, 0.6) is 0 Å². The van der Waals surface area contributed by atoms with Crippen LogP contribution in [0.25, 0.3) is 0 Å². The van der Waals surface area contributed by atoms with Gasteiger partial charge >= 0.3 is 12.2 Å². The second-order valence-corrected chi connectivity index (χ2v) is 8.88. The monoisotopic (exact) mass is 482 g/mol. The van der Waals surface area contributed by atoms with Gasteiger partial charge in [0.1, 0.15) is 12.4 Å². The summed E-state index contributed by atoms with van der Waals surface area (Å²) in [5.74, 6) is 0.764. The zero-order valence-corrected chi connectivity index (χ0v) is 19.7. The molecular weight excluding hydrogens is 456 g/mol. The van der Waals surface area contributed by atoms with Crippen LogP contribution in [0.4, 0.5) is 15.4 Å². The summed E-state index contributed by atoms with van der Waals surface area (Å²) in [5, 5.41) is 19.4. The topological polar surface area (TPSA) is 123 Å². The summed E-state index contributed by atoms with van der Waals surface area (Å²) < 4.78 is 5.52. The molecule has 3 heterocycles. The van der Waals surface area contributed by atoms with Crippen LogP contribution >= 0.6 is 11.8 Å². The van der Waals surface area contributed by atoms with Gasteiger partial charge in [0.25, 0.3) is 0 Å². The van der Waals surface area contributed by atoms with Crippen molar-refractivity contribution >= 4 is 29.8 Å². The highest BCUT2D eigenvalue weighted by molar-refractivity contribution is 7.98. The summed E-state index contributed by atoms with van der Waals surface area (Å²) in [6.07, 6.45) is 1.17. The number of carboxylic acid groups (broad SMARTS) is 1. The number of carbonyl (C=O) groups excluding carboxylic acids is 1. The van der Waals surface area contributed by atoms with Crippen LogP contribution in [-0.2, 0) is 24.3 Å². The average Bonchev–Trinajstić information content (AvgIpc) is 2.87. The highest BCUT2D eigenvalue weighted by Crippen LogP contribution is 2.30. The van der Waals surface area contributed by atoms with Gasteiger partial charge in [-0.25, -0.2) is 19.6 Å². The van der Waals surface area contributed by atoms with E-state index in [0.717, 1.165) is 16.9 Å². The van der Waals surface area contributed by atoms with Gasteiger partial charge in [0.05, 0.1) is 30.8 Å². The Hall–Kier alpha value is -3.52. The lowest BCUT2D eigenvalue weighted by atomic mass is 10.0. The van der Waals surface area contributed by atoms with Crippen molar-refractivity contribution in [2.75, 3.05) is 37.3 Å². The number of nitriles is 1. The fourth-order valence-corrected chi connectivity index (χ4v) is 4.65. The lowest BCUT2D eigenvalue weighted by Gasteiger charge is -2.41. The minimum atomic E-state index is -0.965. The average molecular weight is 483 g/mol. The molecule has 0 radical (unpaired) electrons. The summed E-state index contributed by atoms with van der Waals surface area (Å²) in [5.41, 5.74) is 2.55. The molecule has 2 aliphatic heterocycles. The van der Waals surface area contributed by atoms with Gasteiger partial charge in [0.15, 0.2) is 5.16 Å². The second kappa shape index (κ2) is 10.6. The summed E-state index contributed by atoms with van der Waals surface area (Å²) >= 11 is 1.40.